The second kappa shape index (κ2) is 9.37. The molecule has 4 unspecified atom stereocenters. The summed E-state index contributed by atoms with van der Waals surface area (Å²) in [7, 11) is 0. The van der Waals surface area contributed by atoms with Crippen LogP contribution in [0.15, 0.2) is 59.7 Å². The molecule has 2 bridgehead atoms. The zero-order valence-corrected chi connectivity index (χ0v) is 19.6. The van der Waals surface area contributed by atoms with E-state index in [-0.39, 0.29) is 48.0 Å². The van der Waals surface area contributed by atoms with Crippen LogP contribution in [0.5, 0.6) is 11.5 Å². The number of imide groups is 1. The number of nitrogens with zero attached hydrogens (tertiary/aromatic N) is 2. The fourth-order valence-electron chi connectivity index (χ4n) is 5.16. The Morgan fingerprint density at radius 3 is 2.46 bits per heavy atom. The van der Waals surface area contributed by atoms with Crippen molar-refractivity contribution < 1.29 is 23.9 Å². The molecule has 2 aromatic rings. The van der Waals surface area contributed by atoms with Gasteiger partial charge in [0.2, 0.25) is 0 Å². The van der Waals surface area contributed by atoms with Gasteiger partial charge in [-0.15, -0.1) is 0 Å². The Bertz CT molecular complexity index is 1210. The summed E-state index contributed by atoms with van der Waals surface area (Å²) in [6.45, 7) is 3.98. The van der Waals surface area contributed by atoms with E-state index in [0.717, 1.165) is 22.7 Å². The van der Waals surface area contributed by atoms with Gasteiger partial charge in [0, 0.05) is 5.69 Å². The Hall–Kier alpha value is -3.94. The fourth-order valence-corrected chi connectivity index (χ4v) is 5.16. The molecule has 180 valence electrons. The molecule has 1 saturated carbocycles. The monoisotopic (exact) mass is 473 g/mol. The Morgan fingerprint density at radius 2 is 1.77 bits per heavy atom. The first-order valence-corrected chi connectivity index (χ1v) is 11.8. The van der Waals surface area contributed by atoms with E-state index in [1.54, 1.807) is 18.2 Å². The maximum atomic E-state index is 12.8. The number of amides is 3. The van der Waals surface area contributed by atoms with Crippen molar-refractivity contribution in [2.24, 2.45) is 28.8 Å². The van der Waals surface area contributed by atoms with E-state index >= 15 is 0 Å². The van der Waals surface area contributed by atoms with Gasteiger partial charge in [-0.2, -0.15) is 10.1 Å². The molecule has 8 heteroatoms. The first-order chi connectivity index (χ1) is 17.0. The number of hydrazone groups is 1. The average molecular weight is 474 g/mol. The number of benzene rings is 2. The van der Waals surface area contributed by atoms with Crippen LogP contribution in [-0.4, -0.2) is 42.2 Å². The minimum atomic E-state index is -0.285. The fraction of sp³-hybridized carbons (Fsp3) is 0.333. The third kappa shape index (κ3) is 4.32. The van der Waals surface area contributed by atoms with Gasteiger partial charge >= 0.3 is 0 Å². The molecule has 2 fully saturated rings. The molecule has 8 nitrogen and oxygen atoms in total. The second-order valence-electron chi connectivity index (χ2n) is 9.02. The van der Waals surface area contributed by atoms with Crippen molar-refractivity contribution in [3.63, 3.8) is 0 Å². The number of para-hydroxylation sites is 1. The smallest absolute Gasteiger partial charge is 0.262 e. The number of carbonyl (C=O) groups is 3. The summed E-state index contributed by atoms with van der Waals surface area (Å²) in [4.78, 5) is 38.0. The number of allylic oxidation sites excluding steroid dienone is 2. The van der Waals surface area contributed by atoms with Crippen LogP contribution in [0.4, 0.5) is 5.69 Å². The highest BCUT2D eigenvalue weighted by atomic mass is 16.5. The van der Waals surface area contributed by atoms with Crippen LogP contribution < -0.4 is 14.8 Å². The van der Waals surface area contributed by atoms with Crippen molar-refractivity contribution >= 4 is 29.6 Å². The average Bonchev–Trinajstić information content (AvgIpc) is 3.53. The van der Waals surface area contributed by atoms with Crippen LogP contribution in [-0.2, 0) is 14.4 Å². The van der Waals surface area contributed by atoms with Gasteiger partial charge in [-0.05, 0) is 67.5 Å². The number of ether oxygens (including phenoxy) is 2. The number of carbonyl (C=O) groups excluding carboxylic acids is 3. The van der Waals surface area contributed by atoms with E-state index in [0.29, 0.717) is 23.7 Å². The predicted molar refractivity (Wildman–Crippen MR) is 130 cm³/mol. The molecule has 3 amide bonds. The summed E-state index contributed by atoms with van der Waals surface area (Å²) in [6.07, 6.45) is 6.47. The summed E-state index contributed by atoms with van der Waals surface area (Å²) in [5, 5.41) is 8.06. The molecule has 2 aliphatic carbocycles. The van der Waals surface area contributed by atoms with Crippen LogP contribution in [0.25, 0.3) is 0 Å². The minimum absolute atomic E-state index is 0.144. The molecular formula is C27H27N3O5. The SMILES string of the molecule is CCOc1cc(C=NN2C(=O)C3C4C=CC(C4)C3C2=O)ccc1OCC(=O)Nc1ccccc1C. The molecule has 1 N–H and O–H groups in total. The molecule has 4 atom stereocenters. The molecular weight excluding hydrogens is 446 g/mol. The number of anilines is 1. The highest BCUT2D eigenvalue weighted by Gasteiger charge is 2.59. The zero-order valence-electron chi connectivity index (χ0n) is 19.6. The zero-order chi connectivity index (χ0) is 24.5. The van der Waals surface area contributed by atoms with Gasteiger partial charge in [0.25, 0.3) is 17.7 Å². The highest BCUT2D eigenvalue weighted by Crippen LogP contribution is 2.52. The van der Waals surface area contributed by atoms with Crippen LogP contribution >= 0.6 is 0 Å². The highest BCUT2D eigenvalue weighted by molar-refractivity contribution is 6.06. The summed E-state index contributed by atoms with van der Waals surface area (Å²) >= 11 is 0. The van der Waals surface area contributed by atoms with Gasteiger partial charge in [-0.1, -0.05) is 30.4 Å². The van der Waals surface area contributed by atoms with Gasteiger partial charge < -0.3 is 14.8 Å². The molecule has 1 heterocycles. The standard InChI is InChI=1S/C27H27N3O5/c1-3-34-22-12-17(8-11-21(22)35-15-23(31)29-20-7-5-4-6-16(20)2)14-28-30-26(32)24-18-9-10-19(13-18)25(24)27(30)33/h4-12,14,18-19,24-25H,3,13,15H2,1-2H3,(H,29,31). The number of hydrogen-bond donors (Lipinski definition) is 1. The van der Waals surface area contributed by atoms with Crippen molar-refractivity contribution in [1.82, 2.24) is 5.01 Å². The molecule has 0 aromatic heterocycles. The number of nitrogens with one attached hydrogen (secondary N) is 1. The maximum absolute atomic E-state index is 12.8. The Balaban J connectivity index is 1.25. The van der Waals surface area contributed by atoms with Crippen LogP contribution in [0.3, 0.4) is 0 Å². The molecule has 3 aliphatic rings. The molecule has 1 aliphatic heterocycles. The minimum Gasteiger partial charge on any atom is -0.490 e. The largest absolute Gasteiger partial charge is 0.490 e. The third-order valence-electron chi connectivity index (χ3n) is 6.81. The number of aryl methyl sites for hydroxylation is 1. The van der Waals surface area contributed by atoms with E-state index in [1.807, 2.05) is 38.1 Å². The molecule has 0 radical (unpaired) electrons. The maximum Gasteiger partial charge on any atom is 0.262 e. The molecule has 1 saturated heterocycles. The third-order valence-corrected chi connectivity index (χ3v) is 6.81. The number of rotatable bonds is 8. The van der Waals surface area contributed by atoms with Gasteiger partial charge in [0.15, 0.2) is 18.1 Å². The molecule has 5 rings (SSSR count). The van der Waals surface area contributed by atoms with E-state index in [9.17, 15) is 14.4 Å². The first-order valence-electron chi connectivity index (χ1n) is 11.8. The molecule has 0 spiro atoms. The van der Waals surface area contributed by atoms with Crippen LogP contribution in [0, 0.1) is 30.6 Å². The van der Waals surface area contributed by atoms with Crippen LogP contribution in [0.2, 0.25) is 0 Å². The summed E-state index contributed by atoms with van der Waals surface area (Å²) in [5.41, 5.74) is 2.34. The van der Waals surface area contributed by atoms with Crippen LogP contribution in [0.1, 0.15) is 24.5 Å². The van der Waals surface area contributed by atoms with E-state index < -0.39 is 0 Å². The Kier molecular flexibility index (Phi) is 6.11. The Labute approximate surface area is 203 Å². The van der Waals surface area contributed by atoms with Crippen molar-refractivity contribution in [3.05, 3.63) is 65.7 Å². The molecule has 2 aromatic carbocycles. The summed E-state index contributed by atoms with van der Waals surface area (Å²) in [5.74, 6) is -0.155. The number of hydrogen-bond acceptors (Lipinski definition) is 6. The Morgan fingerprint density at radius 1 is 1.06 bits per heavy atom. The number of fused-ring (bicyclic) bond motifs is 5. The first kappa shape index (κ1) is 22.8. The van der Waals surface area contributed by atoms with Crippen molar-refractivity contribution in [3.8, 4) is 11.5 Å². The predicted octanol–water partition coefficient (Wildman–Crippen LogP) is 3.55. The normalized spacial score (nSPS) is 24.3. The quantitative estimate of drug-likeness (QED) is 0.359. The van der Waals surface area contributed by atoms with Crippen molar-refractivity contribution in [2.75, 3.05) is 18.5 Å². The molecule has 35 heavy (non-hydrogen) atoms. The lowest BCUT2D eigenvalue weighted by Gasteiger charge is -2.14. The van der Waals surface area contributed by atoms with Gasteiger partial charge in [0.05, 0.1) is 24.7 Å². The summed E-state index contributed by atoms with van der Waals surface area (Å²) < 4.78 is 11.4. The van der Waals surface area contributed by atoms with E-state index in [1.165, 1.54) is 6.21 Å². The lowest BCUT2D eigenvalue weighted by atomic mass is 9.85. The topological polar surface area (TPSA) is 97.3 Å². The second-order valence-corrected chi connectivity index (χ2v) is 9.02. The van der Waals surface area contributed by atoms with Gasteiger partial charge in [0.1, 0.15) is 0 Å². The lowest BCUT2D eigenvalue weighted by Crippen LogP contribution is -2.28. The lowest BCUT2D eigenvalue weighted by molar-refractivity contribution is -0.140. The van der Waals surface area contributed by atoms with Crippen molar-refractivity contribution in [1.29, 1.82) is 0 Å². The van der Waals surface area contributed by atoms with Crippen molar-refractivity contribution in [2.45, 2.75) is 20.3 Å². The van der Waals surface area contributed by atoms with Gasteiger partial charge in [-0.25, -0.2) is 0 Å². The summed E-state index contributed by atoms with van der Waals surface area (Å²) in [6, 6.07) is 12.6. The van der Waals surface area contributed by atoms with E-state index in [2.05, 4.69) is 22.6 Å². The van der Waals surface area contributed by atoms with Gasteiger partial charge in [-0.3, -0.25) is 14.4 Å². The van der Waals surface area contributed by atoms with E-state index in [4.69, 9.17) is 9.47 Å².